The number of ether oxygens (including phenoxy) is 1. The van der Waals surface area contributed by atoms with Gasteiger partial charge in [0.25, 0.3) is 11.8 Å². The lowest BCUT2D eigenvalue weighted by Gasteiger charge is -2.17. The molecule has 1 aromatic heterocycles. The number of carbonyl (C=O) groups is 2. The molecule has 2 unspecified atom stereocenters. The Balaban J connectivity index is 1.77. The number of amides is 2. The molecule has 1 N–H and O–H groups in total. The maximum atomic E-state index is 11.8. The van der Waals surface area contributed by atoms with Gasteiger partial charge in [-0.15, -0.1) is 0 Å². The van der Waals surface area contributed by atoms with Gasteiger partial charge < -0.3 is 15.0 Å². The van der Waals surface area contributed by atoms with Gasteiger partial charge in [-0.25, -0.2) is 0 Å². The zero-order valence-corrected chi connectivity index (χ0v) is 11.9. The lowest BCUT2D eigenvalue weighted by Crippen LogP contribution is -2.36. The predicted molar refractivity (Wildman–Crippen MR) is 73.2 cm³/mol. The Morgan fingerprint density at radius 3 is 2.89 bits per heavy atom. The molecule has 1 aromatic rings. The van der Waals surface area contributed by atoms with Crippen LogP contribution in [0.4, 0.5) is 0 Å². The van der Waals surface area contributed by atoms with E-state index in [1.807, 2.05) is 10.8 Å². The Bertz CT molecular complexity index is 445. The normalized spacial score (nSPS) is 22.2. The fraction of sp³-hybridized carbons (Fsp3) is 0.538. The van der Waals surface area contributed by atoms with Crippen molar-refractivity contribution in [1.82, 2.24) is 10.2 Å². The van der Waals surface area contributed by atoms with E-state index in [0.29, 0.717) is 12.1 Å². The first kappa shape index (κ1) is 14.0. The van der Waals surface area contributed by atoms with Crippen molar-refractivity contribution in [2.45, 2.75) is 25.0 Å². The molecule has 5 nitrogen and oxygen atoms in total. The summed E-state index contributed by atoms with van der Waals surface area (Å²) in [6.45, 7) is 0.450. The number of likely N-dealkylation sites (N-methyl/N-ethyl adjacent to an activating group) is 1. The molecule has 0 radical (unpaired) electrons. The Labute approximate surface area is 116 Å². The molecule has 0 aromatic carbocycles. The van der Waals surface area contributed by atoms with Crippen LogP contribution in [-0.2, 0) is 9.53 Å². The molecule has 2 rings (SSSR count). The summed E-state index contributed by atoms with van der Waals surface area (Å²) in [5.74, 6) is -0.0982. The van der Waals surface area contributed by atoms with Crippen molar-refractivity contribution in [2.75, 3.05) is 20.6 Å². The molecule has 2 heterocycles. The van der Waals surface area contributed by atoms with Gasteiger partial charge in [0, 0.05) is 31.6 Å². The van der Waals surface area contributed by atoms with Crippen LogP contribution in [-0.4, -0.2) is 49.6 Å². The minimum Gasteiger partial charge on any atom is -0.363 e. The average molecular weight is 282 g/mol. The van der Waals surface area contributed by atoms with E-state index in [1.165, 1.54) is 16.2 Å². The predicted octanol–water partition coefficient (Wildman–Crippen LogP) is 1.11. The summed E-state index contributed by atoms with van der Waals surface area (Å²) < 4.78 is 5.65. The Hall–Kier alpha value is -1.40. The van der Waals surface area contributed by atoms with Crippen molar-refractivity contribution in [3.8, 4) is 0 Å². The second kappa shape index (κ2) is 6.16. The maximum absolute atomic E-state index is 11.8. The van der Waals surface area contributed by atoms with Crippen LogP contribution in [0, 0.1) is 0 Å². The molecular formula is C13H18N2O3S. The highest BCUT2D eigenvalue weighted by Gasteiger charge is 2.31. The molecular weight excluding hydrogens is 264 g/mol. The minimum absolute atomic E-state index is 0.00772. The second-order valence-electron chi connectivity index (χ2n) is 4.78. The third-order valence-electron chi connectivity index (χ3n) is 3.10. The number of hydrogen-bond acceptors (Lipinski definition) is 4. The fourth-order valence-electron chi connectivity index (χ4n) is 2.03. The first-order valence-electron chi connectivity index (χ1n) is 6.25. The first-order valence-corrected chi connectivity index (χ1v) is 7.19. The van der Waals surface area contributed by atoms with E-state index >= 15 is 0 Å². The van der Waals surface area contributed by atoms with Gasteiger partial charge in [-0.05, 0) is 24.3 Å². The molecule has 19 heavy (non-hydrogen) atoms. The zero-order valence-electron chi connectivity index (χ0n) is 11.1. The highest BCUT2D eigenvalue weighted by atomic mass is 32.1. The molecule has 6 heteroatoms. The lowest BCUT2D eigenvalue weighted by molar-refractivity contribution is -0.140. The molecule has 2 atom stereocenters. The monoisotopic (exact) mass is 282 g/mol. The third-order valence-corrected chi connectivity index (χ3v) is 3.78. The van der Waals surface area contributed by atoms with Gasteiger partial charge in [0.1, 0.15) is 6.10 Å². The van der Waals surface area contributed by atoms with Crippen molar-refractivity contribution in [2.24, 2.45) is 0 Å². The first-order chi connectivity index (χ1) is 9.08. The lowest BCUT2D eigenvalue weighted by atomic mass is 10.2. The molecule has 1 aliphatic rings. The largest absolute Gasteiger partial charge is 0.363 e. The third kappa shape index (κ3) is 3.54. The van der Waals surface area contributed by atoms with Gasteiger partial charge in [0.15, 0.2) is 0 Å². The number of thiophene rings is 1. The van der Waals surface area contributed by atoms with E-state index in [4.69, 9.17) is 4.74 Å². The van der Waals surface area contributed by atoms with Crippen LogP contribution < -0.4 is 5.32 Å². The molecule has 1 fully saturated rings. The number of nitrogens with one attached hydrogen (secondary N) is 1. The van der Waals surface area contributed by atoms with E-state index in [1.54, 1.807) is 20.2 Å². The van der Waals surface area contributed by atoms with Gasteiger partial charge >= 0.3 is 0 Å². The molecule has 0 spiro atoms. The second-order valence-corrected chi connectivity index (χ2v) is 5.56. The van der Waals surface area contributed by atoms with Crippen LogP contribution in [0.15, 0.2) is 16.8 Å². The van der Waals surface area contributed by atoms with E-state index in [2.05, 4.69) is 5.32 Å². The highest BCUT2D eigenvalue weighted by Crippen LogP contribution is 2.20. The van der Waals surface area contributed by atoms with E-state index in [0.717, 1.165) is 12.8 Å². The van der Waals surface area contributed by atoms with Crippen molar-refractivity contribution >= 4 is 23.2 Å². The van der Waals surface area contributed by atoms with Gasteiger partial charge in [-0.2, -0.15) is 11.3 Å². The Kier molecular flexibility index (Phi) is 4.55. The highest BCUT2D eigenvalue weighted by molar-refractivity contribution is 7.08. The number of hydrogen-bond donors (Lipinski definition) is 1. The van der Waals surface area contributed by atoms with Crippen LogP contribution in [0.1, 0.15) is 23.2 Å². The summed E-state index contributed by atoms with van der Waals surface area (Å²) in [6.07, 6.45) is 1.08. The average Bonchev–Trinajstić information content (AvgIpc) is 3.06. The van der Waals surface area contributed by atoms with Crippen molar-refractivity contribution < 1.29 is 14.3 Å². The van der Waals surface area contributed by atoms with E-state index in [-0.39, 0.29) is 24.0 Å². The number of carbonyl (C=O) groups excluding carboxylic acids is 2. The summed E-state index contributed by atoms with van der Waals surface area (Å²) >= 11 is 1.49. The molecule has 2 amide bonds. The minimum atomic E-state index is -0.363. The van der Waals surface area contributed by atoms with E-state index in [9.17, 15) is 9.59 Å². The zero-order chi connectivity index (χ0) is 13.8. The van der Waals surface area contributed by atoms with E-state index < -0.39 is 0 Å². The molecule has 0 aliphatic carbocycles. The summed E-state index contributed by atoms with van der Waals surface area (Å²) in [5, 5.41) is 6.51. The quantitative estimate of drug-likeness (QED) is 0.900. The van der Waals surface area contributed by atoms with Crippen molar-refractivity contribution in [3.05, 3.63) is 22.4 Å². The summed E-state index contributed by atoms with van der Waals surface area (Å²) in [6, 6.07) is 1.79. The van der Waals surface area contributed by atoms with Crippen LogP contribution in [0.5, 0.6) is 0 Å². The Morgan fingerprint density at radius 1 is 1.47 bits per heavy atom. The molecule has 0 saturated carbocycles. The van der Waals surface area contributed by atoms with Crippen LogP contribution in [0.2, 0.25) is 0 Å². The Morgan fingerprint density at radius 2 is 2.26 bits per heavy atom. The molecule has 1 aliphatic heterocycles. The summed E-state index contributed by atoms with van der Waals surface area (Å²) in [7, 11) is 3.44. The molecule has 1 saturated heterocycles. The van der Waals surface area contributed by atoms with Gasteiger partial charge in [-0.3, -0.25) is 9.59 Å². The topological polar surface area (TPSA) is 58.6 Å². The van der Waals surface area contributed by atoms with Crippen LogP contribution in [0.3, 0.4) is 0 Å². The number of rotatable bonds is 4. The van der Waals surface area contributed by atoms with Gasteiger partial charge in [-0.1, -0.05) is 0 Å². The maximum Gasteiger partial charge on any atom is 0.252 e. The van der Waals surface area contributed by atoms with Crippen LogP contribution in [0.25, 0.3) is 0 Å². The fourth-order valence-corrected chi connectivity index (χ4v) is 2.66. The van der Waals surface area contributed by atoms with Crippen molar-refractivity contribution in [1.29, 1.82) is 0 Å². The van der Waals surface area contributed by atoms with Gasteiger partial charge in [0.2, 0.25) is 0 Å². The molecule has 104 valence electrons. The van der Waals surface area contributed by atoms with Crippen molar-refractivity contribution in [3.63, 3.8) is 0 Å². The number of nitrogens with zero attached hydrogens (tertiary/aromatic N) is 1. The summed E-state index contributed by atoms with van der Waals surface area (Å²) in [5.41, 5.74) is 0.670. The standard InChI is InChI=1S/C13H18N2O3S/c1-15(2)13(17)11-4-3-10(18-11)7-14-12(16)9-5-6-19-8-9/h5-6,8,10-11H,3-4,7H2,1-2H3,(H,14,16). The summed E-state index contributed by atoms with van der Waals surface area (Å²) in [4.78, 5) is 25.0. The van der Waals surface area contributed by atoms with Gasteiger partial charge in [0.05, 0.1) is 6.10 Å². The van der Waals surface area contributed by atoms with Crippen LogP contribution >= 0.6 is 11.3 Å². The molecule has 0 bridgehead atoms. The SMILES string of the molecule is CN(C)C(=O)C1CCC(CNC(=O)c2ccsc2)O1. The smallest absolute Gasteiger partial charge is 0.252 e.